The van der Waals surface area contributed by atoms with Gasteiger partial charge in [-0.05, 0) is 30.3 Å². The Morgan fingerprint density at radius 2 is 1.62 bits per heavy atom. The number of aromatic hydroxyl groups is 1. The molecule has 0 amide bonds. The van der Waals surface area contributed by atoms with Crippen LogP contribution in [0, 0.1) is 5.82 Å². The fourth-order valence-corrected chi connectivity index (χ4v) is 2.06. The summed E-state index contributed by atoms with van der Waals surface area (Å²) in [4.78, 5) is 0. The number of phenolic OH excluding ortho intramolecular Hbond substituents is 1. The van der Waals surface area contributed by atoms with Gasteiger partial charge < -0.3 is 5.11 Å². The van der Waals surface area contributed by atoms with Crippen molar-refractivity contribution in [2.45, 2.75) is 0 Å². The van der Waals surface area contributed by atoms with Gasteiger partial charge in [0.05, 0.1) is 0 Å². The smallest absolute Gasteiger partial charge is 0.131 e. The van der Waals surface area contributed by atoms with Gasteiger partial charge in [0, 0.05) is 21.2 Å². The van der Waals surface area contributed by atoms with Gasteiger partial charge in [-0.25, -0.2) is 4.39 Å². The molecule has 2 rings (SSSR count). The molecule has 0 spiro atoms. The average Bonchev–Trinajstić information content (AvgIpc) is 2.23. The van der Waals surface area contributed by atoms with Crippen molar-refractivity contribution in [1.29, 1.82) is 0 Å². The summed E-state index contributed by atoms with van der Waals surface area (Å²) in [6, 6.07) is 8.64. The molecule has 0 aliphatic carbocycles. The Morgan fingerprint density at radius 1 is 1.00 bits per heavy atom. The van der Waals surface area contributed by atoms with Gasteiger partial charge in [-0.1, -0.05) is 29.3 Å². The van der Waals surface area contributed by atoms with Crippen molar-refractivity contribution in [3.63, 3.8) is 0 Å². The van der Waals surface area contributed by atoms with E-state index >= 15 is 0 Å². The zero-order valence-electron chi connectivity index (χ0n) is 8.05. The molecular formula is C12H7Cl2FO. The van der Waals surface area contributed by atoms with Crippen LogP contribution in [-0.4, -0.2) is 5.11 Å². The summed E-state index contributed by atoms with van der Waals surface area (Å²) < 4.78 is 13.6. The second kappa shape index (κ2) is 4.32. The molecule has 0 aromatic heterocycles. The molecule has 0 aliphatic heterocycles. The summed E-state index contributed by atoms with van der Waals surface area (Å²) in [5.41, 5.74) is 0.579. The van der Waals surface area contributed by atoms with Gasteiger partial charge in [0.25, 0.3) is 0 Å². The molecule has 1 N–H and O–H groups in total. The van der Waals surface area contributed by atoms with E-state index in [0.29, 0.717) is 15.6 Å². The van der Waals surface area contributed by atoms with Crippen LogP contribution in [0.3, 0.4) is 0 Å². The van der Waals surface area contributed by atoms with Crippen LogP contribution in [0.4, 0.5) is 4.39 Å². The first-order valence-electron chi connectivity index (χ1n) is 4.52. The van der Waals surface area contributed by atoms with E-state index in [2.05, 4.69) is 0 Å². The first kappa shape index (κ1) is 11.2. The second-order valence-electron chi connectivity index (χ2n) is 3.26. The molecule has 2 aromatic rings. The number of benzene rings is 2. The summed E-state index contributed by atoms with van der Waals surface area (Å²) in [7, 11) is 0. The van der Waals surface area contributed by atoms with E-state index in [0.717, 1.165) is 0 Å². The minimum absolute atomic E-state index is 0.0348. The van der Waals surface area contributed by atoms with E-state index in [9.17, 15) is 9.50 Å². The Labute approximate surface area is 102 Å². The van der Waals surface area contributed by atoms with Gasteiger partial charge in [-0.3, -0.25) is 0 Å². The van der Waals surface area contributed by atoms with Crippen molar-refractivity contribution in [2.75, 3.05) is 0 Å². The third-order valence-corrected chi connectivity index (χ3v) is 2.81. The topological polar surface area (TPSA) is 20.2 Å². The molecule has 0 aliphatic rings. The molecule has 0 heterocycles. The predicted molar refractivity (Wildman–Crippen MR) is 63.5 cm³/mol. The minimum atomic E-state index is -0.479. The molecule has 1 nitrogen and oxygen atoms in total. The van der Waals surface area contributed by atoms with E-state index in [4.69, 9.17) is 23.2 Å². The van der Waals surface area contributed by atoms with E-state index in [1.165, 1.54) is 18.2 Å². The summed E-state index contributed by atoms with van der Waals surface area (Å²) in [6.45, 7) is 0. The van der Waals surface area contributed by atoms with Crippen LogP contribution in [0.2, 0.25) is 10.0 Å². The molecule has 0 saturated carbocycles. The molecule has 4 heteroatoms. The highest BCUT2D eigenvalue weighted by Crippen LogP contribution is 2.37. The monoisotopic (exact) mass is 256 g/mol. The predicted octanol–water partition coefficient (Wildman–Crippen LogP) is 4.51. The van der Waals surface area contributed by atoms with Crippen molar-refractivity contribution < 1.29 is 9.50 Å². The third-order valence-electron chi connectivity index (χ3n) is 2.18. The zero-order valence-corrected chi connectivity index (χ0v) is 9.56. The maximum Gasteiger partial charge on any atom is 0.131 e. The van der Waals surface area contributed by atoms with Crippen LogP contribution < -0.4 is 0 Å². The van der Waals surface area contributed by atoms with Gasteiger partial charge in [0.2, 0.25) is 0 Å². The molecular weight excluding hydrogens is 250 g/mol. The Hall–Kier alpha value is -1.25. The standard InChI is InChI=1S/C12H7Cl2FO/c13-9-2-1-3-10(14)12(9)8-6-7(16)4-5-11(8)15/h1-6,16H. The van der Waals surface area contributed by atoms with Crippen LogP contribution in [0.5, 0.6) is 5.75 Å². The van der Waals surface area contributed by atoms with Gasteiger partial charge in [0.15, 0.2) is 0 Å². The average molecular weight is 257 g/mol. The SMILES string of the molecule is Oc1ccc(F)c(-c2c(Cl)cccc2Cl)c1. The molecule has 16 heavy (non-hydrogen) atoms. The lowest BCUT2D eigenvalue weighted by Gasteiger charge is -2.08. The number of rotatable bonds is 1. The molecule has 0 unspecified atom stereocenters. The first-order valence-corrected chi connectivity index (χ1v) is 5.28. The minimum Gasteiger partial charge on any atom is -0.508 e. The molecule has 0 atom stereocenters. The molecule has 0 saturated heterocycles. The third kappa shape index (κ3) is 1.99. The fourth-order valence-electron chi connectivity index (χ4n) is 1.46. The Bertz CT molecular complexity index is 520. The second-order valence-corrected chi connectivity index (χ2v) is 4.08. The number of hydrogen-bond donors (Lipinski definition) is 1. The normalized spacial score (nSPS) is 10.4. The van der Waals surface area contributed by atoms with Gasteiger partial charge in [-0.2, -0.15) is 0 Å². The quantitative estimate of drug-likeness (QED) is 0.797. The van der Waals surface area contributed by atoms with Crippen LogP contribution in [0.15, 0.2) is 36.4 Å². The first-order chi connectivity index (χ1) is 7.59. The molecule has 0 radical (unpaired) electrons. The molecule has 0 bridgehead atoms. The number of phenols is 1. The van der Waals surface area contributed by atoms with Gasteiger partial charge >= 0.3 is 0 Å². The van der Waals surface area contributed by atoms with Crippen LogP contribution in [-0.2, 0) is 0 Å². The van der Waals surface area contributed by atoms with Crippen LogP contribution >= 0.6 is 23.2 Å². The lowest BCUT2D eigenvalue weighted by molar-refractivity contribution is 0.473. The highest BCUT2D eigenvalue weighted by Gasteiger charge is 2.13. The Morgan fingerprint density at radius 3 is 2.25 bits per heavy atom. The van der Waals surface area contributed by atoms with E-state index < -0.39 is 5.82 Å². The maximum atomic E-state index is 13.6. The van der Waals surface area contributed by atoms with Gasteiger partial charge in [-0.15, -0.1) is 0 Å². The van der Waals surface area contributed by atoms with Crippen LogP contribution in [0.1, 0.15) is 0 Å². The fraction of sp³-hybridized carbons (Fsp3) is 0. The van der Waals surface area contributed by atoms with E-state index in [1.54, 1.807) is 18.2 Å². The van der Waals surface area contributed by atoms with E-state index in [1.807, 2.05) is 0 Å². The summed E-state index contributed by atoms with van der Waals surface area (Å²) in [5, 5.41) is 10.0. The van der Waals surface area contributed by atoms with Crippen molar-refractivity contribution in [3.05, 3.63) is 52.3 Å². The lowest BCUT2D eigenvalue weighted by atomic mass is 10.0. The van der Waals surface area contributed by atoms with Crippen molar-refractivity contribution in [2.24, 2.45) is 0 Å². The molecule has 82 valence electrons. The zero-order chi connectivity index (χ0) is 11.7. The highest BCUT2D eigenvalue weighted by atomic mass is 35.5. The maximum absolute atomic E-state index is 13.6. The van der Waals surface area contributed by atoms with E-state index in [-0.39, 0.29) is 11.3 Å². The van der Waals surface area contributed by atoms with Crippen molar-refractivity contribution in [1.82, 2.24) is 0 Å². The van der Waals surface area contributed by atoms with Gasteiger partial charge in [0.1, 0.15) is 11.6 Å². The summed E-state index contributed by atoms with van der Waals surface area (Å²) in [6.07, 6.45) is 0. The molecule has 2 aromatic carbocycles. The Kier molecular flexibility index (Phi) is 3.03. The largest absolute Gasteiger partial charge is 0.508 e. The number of halogens is 3. The molecule has 0 fully saturated rings. The lowest BCUT2D eigenvalue weighted by Crippen LogP contribution is -1.86. The number of hydrogen-bond acceptors (Lipinski definition) is 1. The van der Waals surface area contributed by atoms with Crippen LogP contribution in [0.25, 0.3) is 11.1 Å². The summed E-state index contributed by atoms with van der Waals surface area (Å²) in [5.74, 6) is -0.514. The van der Waals surface area contributed by atoms with Crippen molar-refractivity contribution >= 4 is 23.2 Å². The Balaban J connectivity index is 2.72. The summed E-state index contributed by atoms with van der Waals surface area (Å²) >= 11 is 11.9. The highest BCUT2D eigenvalue weighted by molar-refractivity contribution is 6.39. The van der Waals surface area contributed by atoms with Crippen molar-refractivity contribution in [3.8, 4) is 16.9 Å².